The van der Waals surface area contributed by atoms with E-state index in [-0.39, 0.29) is 11.6 Å². The van der Waals surface area contributed by atoms with Crippen molar-refractivity contribution in [3.05, 3.63) is 35.4 Å². The highest BCUT2D eigenvalue weighted by Gasteiger charge is 2.24. The predicted octanol–water partition coefficient (Wildman–Crippen LogP) is 1.11. The van der Waals surface area contributed by atoms with E-state index in [1.807, 2.05) is 5.32 Å². The summed E-state index contributed by atoms with van der Waals surface area (Å²) in [6.07, 6.45) is 1.73. The fourth-order valence-corrected chi connectivity index (χ4v) is 1.50. The van der Waals surface area contributed by atoms with Gasteiger partial charge in [-0.25, -0.2) is 18.4 Å². The second-order valence-corrected chi connectivity index (χ2v) is 4.53. The Kier molecular flexibility index (Phi) is 4.46. The molecule has 1 saturated carbocycles. The quantitative estimate of drug-likeness (QED) is 0.816. The second-order valence-electron chi connectivity index (χ2n) is 4.53. The minimum atomic E-state index is -1.06. The largest absolute Gasteiger partial charge is 0.452 e. The maximum atomic E-state index is 12.9. The van der Waals surface area contributed by atoms with E-state index in [4.69, 9.17) is 0 Å². The third-order valence-corrected chi connectivity index (χ3v) is 2.60. The first-order chi connectivity index (χ1) is 9.94. The summed E-state index contributed by atoms with van der Waals surface area (Å²) in [5.41, 5.74) is -0.359. The molecule has 6 nitrogen and oxygen atoms in total. The summed E-state index contributed by atoms with van der Waals surface area (Å²) in [6, 6.07) is 1.57. The highest BCUT2D eigenvalue weighted by atomic mass is 19.1. The Balaban J connectivity index is 1.79. The maximum Gasteiger partial charge on any atom is 0.338 e. The van der Waals surface area contributed by atoms with Crippen molar-refractivity contribution in [3.8, 4) is 0 Å². The van der Waals surface area contributed by atoms with Crippen molar-refractivity contribution in [3.63, 3.8) is 0 Å². The Morgan fingerprint density at radius 2 is 1.76 bits per heavy atom. The fraction of sp³-hybridized carbons (Fsp3) is 0.308. The molecule has 1 aliphatic carbocycles. The van der Waals surface area contributed by atoms with Crippen LogP contribution in [0.2, 0.25) is 0 Å². The Morgan fingerprint density at radius 1 is 1.14 bits per heavy atom. The first-order valence-corrected chi connectivity index (χ1v) is 6.17. The van der Waals surface area contributed by atoms with Gasteiger partial charge in [0.05, 0.1) is 5.56 Å². The van der Waals surface area contributed by atoms with Crippen LogP contribution in [0, 0.1) is 11.6 Å². The summed E-state index contributed by atoms with van der Waals surface area (Å²) in [7, 11) is 0. The number of hydrogen-bond donors (Lipinski definition) is 2. The molecule has 112 valence electrons. The summed E-state index contributed by atoms with van der Waals surface area (Å²) < 4.78 is 30.4. The van der Waals surface area contributed by atoms with Crippen molar-refractivity contribution in [2.45, 2.75) is 18.9 Å². The van der Waals surface area contributed by atoms with Gasteiger partial charge in [-0.05, 0) is 25.0 Å². The molecular formula is C13H12F2N2O4. The van der Waals surface area contributed by atoms with E-state index in [1.165, 1.54) is 0 Å². The zero-order valence-corrected chi connectivity index (χ0v) is 10.8. The van der Waals surface area contributed by atoms with Crippen LogP contribution in [0.1, 0.15) is 23.2 Å². The Labute approximate surface area is 118 Å². The summed E-state index contributed by atoms with van der Waals surface area (Å²) in [6.45, 7) is -0.727. The number of hydrogen-bond acceptors (Lipinski definition) is 4. The number of carbonyl (C=O) groups excluding carboxylic acids is 3. The first kappa shape index (κ1) is 14.9. The van der Waals surface area contributed by atoms with E-state index < -0.39 is 36.1 Å². The van der Waals surface area contributed by atoms with Crippen LogP contribution >= 0.6 is 0 Å². The van der Waals surface area contributed by atoms with Crippen LogP contribution in [0.25, 0.3) is 0 Å². The molecule has 0 aromatic heterocycles. The van der Waals surface area contributed by atoms with Gasteiger partial charge in [0.1, 0.15) is 11.6 Å². The molecule has 0 atom stereocenters. The number of benzene rings is 1. The monoisotopic (exact) mass is 298 g/mol. The summed E-state index contributed by atoms with van der Waals surface area (Å²) in [5.74, 6) is -3.77. The number of urea groups is 1. The van der Waals surface area contributed by atoms with Crippen molar-refractivity contribution in [2.75, 3.05) is 6.61 Å². The number of imide groups is 1. The number of halogens is 2. The number of nitrogens with one attached hydrogen (secondary N) is 2. The molecule has 0 bridgehead atoms. The van der Waals surface area contributed by atoms with Gasteiger partial charge in [0, 0.05) is 12.1 Å². The van der Waals surface area contributed by atoms with Crippen LogP contribution in [0.15, 0.2) is 18.2 Å². The van der Waals surface area contributed by atoms with Crippen LogP contribution in [-0.4, -0.2) is 30.6 Å². The Bertz CT molecular complexity index is 567. The van der Waals surface area contributed by atoms with Crippen LogP contribution in [0.3, 0.4) is 0 Å². The van der Waals surface area contributed by atoms with E-state index in [1.54, 1.807) is 0 Å². The van der Waals surface area contributed by atoms with Crippen LogP contribution in [0.5, 0.6) is 0 Å². The van der Waals surface area contributed by atoms with Gasteiger partial charge in [0.2, 0.25) is 0 Å². The SMILES string of the molecule is O=C(COC(=O)c1cc(F)cc(F)c1)NC(=O)NC1CC1. The molecule has 3 amide bonds. The molecule has 21 heavy (non-hydrogen) atoms. The van der Waals surface area contributed by atoms with Crippen LogP contribution in [-0.2, 0) is 9.53 Å². The molecule has 0 aliphatic heterocycles. The van der Waals surface area contributed by atoms with Gasteiger partial charge in [0.15, 0.2) is 6.61 Å². The molecular weight excluding hydrogens is 286 g/mol. The number of rotatable bonds is 4. The zero-order valence-electron chi connectivity index (χ0n) is 10.8. The molecule has 1 aliphatic rings. The zero-order chi connectivity index (χ0) is 15.4. The van der Waals surface area contributed by atoms with E-state index in [0.29, 0.717) is 6.07 Å². The van der Waals surface area contributed by atoms with E-state index in [0.717, 1.165) is 25.0 Å². The van der Waals surface area contributed by atoms with E-state index in [9.17, 15) is 23.2 Å². The van der Waals surface area contributed by atoms with Gasteiger partial charge >= 0.3 is 12.0 Å². The molecule has 1 fully saturated rings. The van der Waals surface area contributed by atoms with Crippen LogP contribution < -0.4 is 10.6 Å². The molecule has 0 spiro atoms. The maximum absolute atomic E-state index is 12.9. The lowest BCUT2D eigenvalue weighted by Gasteiger charge is -2.06. The Hall–Kier alpha value is -2.51. The molecule has 0 heterocycles. The average molecular weight is 298 g/mol. The number of ether oxygens (including phenoxy) is 1. The minimum Gasteiger partial charge on any atom is -0.452 e. The van der Waals surface area contributed by atoms with Gasteiger partial charge in [-0.3, -0.25) is 10.1 Å². The average Bonchev–Trinajstić information content (AvgIpc) is 3.18. The van der Waals surface area contributed by atoms with Crippen molar-refractivity contribution in [1.29, 1.82) is 0 Å². The lowest BCUT2D eigenvalue weighted by molar-refractivity contribution is -0.123. The van der Waals surface area contributed by atoms with E-state index >= 15 is 0 Å². The topological polar surface area (TPSA) is 84.5 Å². The van der Waals surface area contributed by atoms with Gasteiger partial charge in [-0.2, -0.15) is 0 Å². The number of amides is 3. The standard InChI is InChI=1S/C13H12F2N2O4/c14-8-3-7(4-9(15)5-8)12(19)21-6-11(18)17-13(20)16-10-1-2-10/h3-5,10H,1-2,6H2,(H2,16,17,18,20). The second kappa shape index (κ2) is 6.29. The highest BCUT2D eigenvalue weighted by Crippen LogP contribution is 2.18. The molecule has 0 unspecified atom stereocenters. The third-order valence-electron chi connectivity index (χ3n) is 2.60. The third kappa shape index (κ3) is 4.83. The van der Waals surface area contributed by atoms with Crippen molar-refractivity contribution >= 4 is 17.9 Å². The first-order valence-electron chi connectivity index (χ1n) is 6.17. The van der Waals surface area contributed by atoms with Crippen molar-refractivity contribution < 1.29 is 27.9 Å². The minimum absolute atomic E-state index is 0.0793. The van der Waals surface area contributed by atoms with E-state index in [2.05, 4.69) is 10.1 Å². The van der Waals surface area contributed by atoms with Crippen molar-refractivity contribution in [2.24, 2.45) is 0 Å². The van der Waals surface area contributed by atoms with Crippen molar-refractivity contribution in [1.82, 2.24) is 10.6 Å². The smallest absolute Gasteiger partial charge is 0.338 e. The number of esters is 1. The molecule has 0 radical (unpaired) electrons. The Morgan fingerprint density at radius 3 is 2.33 bits per heavy atom. The molecule has 8 heteroatoms. The number of carbonyl (C=O) groups is 3. The summed E-state index contributed by atoms with van der Waals surface area (Å²) in [4.78, 5) is 34.0. The van der Waals surface area contributed by atoms with Crippen LogP contribution in [0.4, 0.5) is 13.6 Å². The van der Waals surface area contributed by atoms with Gasteiger partial charge < -0.3 is 10.1 Å². The van der Waals surface area contributed by atoms with Gasteiger partial charge in [-0.1, -0.05) is 0 Å². The fourth-order valence-electron chi connectivity index (χ4n) is 1.50. The lowest BCUT2D eigenvalue weighted by atomic mass is 10.2. The van der Waals surface area contributed by atoms with Gasteiger partial charge in [-0.15, -0.1) is 0 Å². The molecule has 0 saturated heterocycles. The normalized spacial score (nSPS) is 13.4. The molecule has 1 aromatic rings. The molecule has 2 rings (SSSR count). The summed E-state index contributed by atoms with van der Waals surface area (Å²) in [5, 5.41) is 4.47. The summed E-state index contributed by atoms with van der Waals surface area (Å²) >= 11 is 0. The van der Waals surface area contributed by atoms with Gasteiger partial charge in [0.25, 0.3) is 5.91 Å². The molecule has 1 aromatic carbocycles. The molecule has 2 N–H and O–H groups in total. The lowest BCUT2D eigenvalue weighted by Crippen LogP contribution is -2.42. The predicted molar refractivity (Wildman–Crippen MR) is 66.3 cm³/mol. The highest BCUT2D eigenvalue weighted by molar-refractivity contribution is 5.97.